The van der Waals surface area contributed by atoms with E-state index < -0.39 is 11.5 Å². The molecule has 3 unspecified atom stereocenters. The molecule has 0 radical (unpaired) electrons. The Morgan fingerprint density at radius 1 is 1.30 bits per heavy atom. The van der Waals surface area contributed by atoms with Crippen LogP contribution in [0.1, 0.15) is 42.8 Å². The van der Waals surface area contributed by atoms with E-state index in [1.54, 1.807) is 6.20 Å². The van der Waals surface area contributed by atoms with Gasteiger partial charge in [-0.3, -0.25) is 4.79 Å². The van der Waals surface area contributed by atoms with E-state index in [0.717, 1.165) is 48.8 Å². The van der Waals surface area contributed by atoms with Gasteiger partial charge in [0.2, 0.25) is 5.82 Å². The van der Waals surface area contributed by atoms with Crippen molar-refractivity contribution in [2.75, 3.05) is 12.4 Å². The highest BCUT2D eigenvalue weighted by atomic mass is 16.5. The second kappa shape index (κ2) is 6.28. The summed E-state index contributed by atoms with van der Waals surface area (Å²) < 4.78 is 5.15. The Kier molecular flexibility index (Phi) is 3.74. The third-order valence-corrected chi connectivity index (χ3v) is 7.23. The second-order valence-electron chi connectivity index (χ2n) is 9.15. The molecule has 4 bridgehead atoms. The van der Waals surface area contributed by atoms with Crippen LogP contribution in [0.15, 0.2) is 23.0 Å². The zero-order chi connectivity index (χ0) is 20.5. The summed E-state index contributed by atoms with van der Waals surface area (Å²) in [4.78, 5) is 23.8. The van der Waals surface area contributed by atoms with Crippen molar-refractivity contribution in [3.8, 4) is 11.4 Å². The van der Waals surface area contributed by atoms with E-state index >= 15 is 0 Å². The maximum Gasteiger partial charge on any atom is 0.316 e. The number of pyridine rings is 1. The second-order valence-corrected chi connectivity index (χ2v) is 9.15. The molecule has 4 saturated carbocycles. The summed E-state index contributed by atoms with van der Waals surface area (Å²) >= 11 is 0. The fourth-order valence-electron chi connectivity index (χ4n) is 6.25. The summed E-state index contributed by atoms with van der Waals surface area (Å²) in [6, 6.07) is 2.27. The quantitative estimate of drug-likeness (QED) is 0.521. The Balaban J connectivity index is 1.40. The average molecular weight is 408 g/mol. The normalized spacial score (nSPS) is 31.9. The van der Waals surface area contributed by atoms with Crippen LogP contribution in [0.5, 0.6) is 0 Å². The number of carbonyl (C=O) groups is 1. The highest BCUT2D eigenvalue weighted by molar-refractivity contribution is 5.97. The van der Waals surface area contributed by atoms with Crippen molar-refractivity contribution >= 4 is 22.6 Å². The first-order chi connectivity index (χ1) is 14.5. The van der Waals surface area contributed by atoms with Crippen molar-refractivity contribution in [1.29, 1.82) is 0 Å². The lowest BCUT2D eigenvalue weighted by atomic mass is 9.52. The van der Waals surface area contributed by atoms with Gasteiger partial charge in [-0.15, -0.1) is 0 Å². The molecule has 0 aliphatic heterocycles. The van der Waals surface area contributed by atoms with Crippen molar-refractivity contribution in [2.45, 2.75) is 43.7 Å². The fourth-order valence-corrected chi connectivity index (χ4v) is 6.25. The van der Waals surface area contributed by atoms with Crippen LogP contribution in [0, 0.1) is 17.8 Å². The summed E-state index contributed by atoms with van der Waals surface area (Å²) in [7, 11) is 1.52. The predicted molar refractivity (Wildman–Crippen MR) is 109 cm³/mol. The molecule has 7 rings (SSSR count). The first-order valence-electron chi connectivity index (χ1n) is 10.5. The summed E-state index contributed by atoms with van der Waals surface area (Å²) in [5.74, 6) is 1.36. The van der Waals surface area contributed by atoms with E-state index in [1.165, 1.54) is 7.05 Å². The molecular formula is C21H24N6O3. The van der Waals surface area contributed by atoms with E-state index in [4.69, 9.17) is 4.52 Å². The van der Waals surface area contributed by atoms with E-state index in [1.807, 2.05) is 12.3 Å². The SMILES string of the molecule is CNC(=O)c1nc(-c2cnc3[nH]ccc3c2NC2[C@@H]3CC4C[C@H]2CC(O)(C4)C3)no1. The van der Waals surface area contributed by atoms with Crippen molar-refractivity contribution in [1.82, 2.24) is 25.4 Å². The number of aliphatic hydroxyl groups is 1. The van der Waals surface area contributed by atoms with Crippen LogP contribution in [-0.4, -0.2) is 49.8 Å². The molecule has 0 saturated heterocycles. The Morgan fingerprint density at radius 3 is 2.83 bits per heavy atom. The molecule has 3 aromatic heterocycles. The van der Waals surface area contributed by atoms with Crippen LogP contribution < -0.4 is 10.6 Å². The maximum absolute atomic E-state index is 11.9. The van der Waals surface area contributed by atoms with Crippen molar-refractivity contribution in [3.05, 3.63) is 24.4 Å². The predicted octanol–water partition coefficient (Wildman–Crippen LogP) is 2.32. The van der Waals surface area contributed by atoms with Crippen LogP contribution >= 0.6 is 0 Å². The standard InChI is InChI=1S/C21H24N6O3/c1-22-19(28)20-26-18(27-30-20)14-9-24-17-13(2-3-23-17)16(14)25-15-11-4-10-5-12(15)8-21(29,6-10)7-11/h2-3,9-12,15,29H,4-8H2,1H3,(H,22,28)(H2,23,24,25)/t10?,11-,12+,15?,21?. The van der Waals surface area contributed by atoms with Crippen molar-refractivity contribution in [2.24, 2.45) is 17.8 Å². The van der Waals surface area contributed by atoms with Crippen molar-refractivity contribution in [3.63, 3.8) is 0 Å². The molecule has 9 nitrogen and oxygen atoms in total. The first-order valence-corrected chi connectivity index (χ1v) is 10.5. The van der Waals surface area contributed by atoms with Crippen molar-refractivity contribution < 1.29 is 14.4 Å². The molecular weight excluding hydrogens is 384 g/mol. The number of aromatic nitrogens is 4. The van der Waals surface area contributed by atoms with Gasteiger partial charge in [0.15, 0.2) is 0 Å². The van der Waals surface area contributed by atoms with Crippen LogP contribution in [0.2, 0.25) is 0 Å². The molecule has 0 spiro atoms. The van der Waals surface area contributed by atoms with Gasteiger partial charge < -0.3 is 25.2 Å². The number of nitrogens with zero attached hydrogens (tertiary/aromatic N) is 3. The topological polar surface area (TPSA) is 129 Å². The molecule has 156 valence electrons. The van der Waals surface area contributed by atoms with Gasteiger partial charge in [0.25, 0.3) is 0 Å². The molecule has 4 aliphatic rings. The maximum atomic E-state index is 11.9. The zero-order valence-corrected chi connectivity index (χ0v) is 16.7. The number of rotatable bonds is 4. The zero-order valence-electron chi connectivity index (χ0n) is 16.7. The minimum absolute atomic E-state index is 0.0792. The van der Waals surface area contributed by atoms with Gasteiger partial charge in [-0.1, -0.05) is 5.16 Å². The fraction of sp³-hybridized carbons (Fsp3) is 0.524. The number of aromatic amines is 1. The number of hydrogen-bond donors (Lipinski definition) is 4. The van der Waals surface area contributed by atoms with Gasteiger partial charge >= 0.3 is 11.8 Å². The molecule has 3 aromatic rings. The third-order valence-electron chi connectivity index (χ3n) is 7.23. The summed E-state index contributed by atoms with van der Waals surface area (Å²) in [5, 5.41) is 22.2. The molecule has 1 amide bonds. The Morgan fingerprint density at radius 2 is 2.10 bits per heavy atom. The largest absolute Gasteiger partial charge is 0.390 e. The van der Waals surface area contributed by atoms with Gasteiger partial charge in [-0.25, -0.2) is 4.98 Å². The summed E-state index contributed by atoms with van der Waals surface area (Å²) in [5.41, 5.74) is 1.90. The number of nitrogens with one attached hydrogen (secondary N) is 3. The molecule has 3 heterocycles. The average Bonchev–Trinajstić information content (AvgIpc) is 3.38. The lowest BCUT2D eigenvalue weighted by Gasteiger charge is -2.58. The van der Waals surface area contributed by atoms with Gasteiger partial charge in [-0.2, -0.15) is 4.98 Å². The smallest absolute Gasteiger partial charge is 0.316 e. The molecule has 4 N–H and O–H groups in total. The molecule has 9 heteroatoms. The number of anilines is 1. The van der Waals surface area contributed by atoms with Crippen LogP contribution in [-0.2, 0) is 0 Å². The Labute approximate surface area is 172 Å². The van der Waals surface area contributed by atoms with Crippen LogP contribution in [0.3, 0.4) is 0 Å². The first kappa shape index (κ1) is 17.9. The Bertz CT molecular complexity index is 1120. The molecule has 30 heavy (non-hydrogen) atoms. The monoisotopic (exact) mass is 408 g/mol. The highest BCUT2D eigenvalue weighted by Gasteiger charge is 2.54. The third kappa shape index (κ3) is 2.64. The van der Waals surface area contributed by atoms with E-state index in [2.05, 4.69) is 30.7 Å². The number of fused-ring (bicyclic) bond motifs is 1. The van der Waals surface area contributed by atoms with E-state index in [9.17, 15) is 9.90 Å². The van der Waals surface area contributed by atoms with Crippen LogP contribution in [0.4, 0.5) is 5.69 Å². The summed E-state index contributed by atoms with van der Waals surface area (Å²) in [6.07, 6.45) is 8.57. The number of H-pyrrole nitrogens is 1. The van der Waals surface area contributed by atoms with Gasteiger partial charge in [0.05, 0.1) is 16.9 Å². The summed E-state index contributed by atoms with van der Waals surface area (Å²) in [6.45, 7) is 0. The Hall–Kier alpha value is -2.94. The lowest BCUT2D eigenvalue weighted by Crippen LogP contribution is -2.59. The number of amides is 1. The van der Waals surface area contributed by atoms with Gasteiger partial charge in [0.1, 0.15) is 5.65 Å². The van der Waals surface area contributed by atoms with Gasteiger partial charge in [0, 0.05) is 30.9 Å². The highest BCUT2D eigenvalue weighted by Crippen LogP contribution is 2.56. The molecule has 0 aromatic carbocycles. The molecule has 5 atom stereocenters. The van der Waals surface area contributed by atoms with Gasteiger partial charge in [-0.05, 0) is 55.9 Å². The number of hydrogen-bond acceptors (Lipinski definition) is 7. The minimum atomic E-state index is -0.477. The van der Waals surface area contributed by atoms with Crippen LogP contribution in [0.25, 0.3) is 22.4 Å². The number of carbonyl (C=O) groups excluding carboxylic acids is 1. The minimum Gasteiger partial charge on any atom is -0.390 e. The molecule has 4 fully saturated rings. The lowest BCUT2D eigenvalue weighted by molar-refractivity contribution is -0.129. The van der Waals surface area contributed by atoms with E-state index in [0.29, 0.717) is 29.1 Å². The van der Waals surface area contributed by atoms with E-state index in [-0.39, 0.29) is 11.9 Å². The molecule has 4 aliphatic carbocycles.